The van der Waals surface area contributed by atoms with Crippen molar-refractivity contribution in [2.45, 2.75) is 64.5 Å². The van der Waals surface area contributed by atoms with Gasteiger partial charge < -0.3 is 5.11 Å². The van der Waals surface area contributed by atoms with Crippen LogP contribution in [0.15, 0.2) is 0 Å². The monoisotopic (exact) mass is 227 g/mol. The first-order valence-corrected chi connectivity index (χ1v) is 6.63. The molecule has 0 aromatic carbocycles. The Bertz CT molecular complexity index is 214. The molecule has 1 aliphatic carbocycles. The van der Waals surface area contributed by atoms with Crippen molar-refractivity contribution in [3.63, 3.8) is 0 Å². The van der Waals surface area contributed by atoms with Crippen LogP contribution in [0.5, 0.6) is 0 Å². The second-order valence-electron chi connectivity index (χ2n) is 4.66. The number of carbonyl (C=O) groups is 1. The van der Waals surface area contributed by atoms with Crippen LogP contribution in [0, 0.1) is 0 Å². The lowest BCUT2D eigenvalue weighted by Crippen LogP contribution is -2.49. The lowest BCUT2D eigenvalue weighted by atomic mass is 9.91. The molecule has 0 aromatic heterocycles. The van der Waals surface area contributed by atoms with Gasteiger partial charge in [-0.15, -0.1) is 0 Å². The minimum absolute atomic E-state index is 0.0748. The number of ketones is 1. The minimum Gasteiger partial charge on any atom is -0.395 e. The summed E-state index contributed by atoms with van der Waals surface area (Å²) in [4.78, 5) is 14.2. The molecule has 3 heteroatoms. The molecule has 0 amide bonds. The molecule has 0 radical (unpaired) electrons. The third-order valence-electron chi connectivity index (χ3n) is 3.69. The summed E-state index contributed by atoms with van der Waals surface area (Å²) in [6.07, 6.45) is 6.02. The van der Waals surface area contributed by atoms with E-state index in [4.69, 9.17) is 5.11 Å². The fraction of sp³-hybridized carbons (Fsp3) is 0.923. The second kappa shape index (κ2) is 7.02. The molecule has 0 bridgehead atoms. The van der Waals surface area contributed by atoms with E-state index in [1.54, 1.807) is 0 Å². The summed E-state index contributed by atoms with van der Waals surface area (Å²) in [5.41, 5.74) is 0. The Kier molecular flexibility index (Phi) is 5.99. The molecule has 94 valence electrons. The van der Waals surface area contributed by atoms with Gasteiger partial charge in [-0.2, -0.15) is 0 Å². The summed E-state index contributed by atoms with van der Waals surface area (Å²) in [6, 6.07) is 0.519. The Labute approximate surface area is 98.8 Å². The van der Waals surface area contributed by atoms with Crippen LogP contribution in [-0.2, 0) is 4.79 Å². The van der Waals surface area contributed by atoms with Crippen molar-refractivity contribution in [2.75, 3.05) is 13.2 Å². The molecule has 1 aliphatic rings. The van der Waals surface area contributed by atoms with Gasteiger partial charge in [0.15, 0.2) is 0 Å². The molecule has 1 fully saturated rings. The quantitative estimate of drug-likeness (QED) is 0.754. The normalized spacial score (nSPS) is 22.1. The van der Waals surface area contributed by atoms with Crippen molar-refractivity contribution in [1.29, 1.82) is 0 Å². The first kappa shape index (κ1) is 13.7. The Balaban J connectivity index is 2.69. The molecule has 0 aromatic rings. The van der Waals surface area contributed by atoms with E-state index in [0.717, 1.165) is 38.5 Å². The number of aliphatic hydroxyl groups excluding tert-OH is 1. The molecule has 0 saturated heterocycles. The maximum absolute atomic E-state index is 11.9. The molecule has 1 saturated carbocycles. The summed E-state index contributed by atoms with van der Waals surface area (Å²) in [7, 11) is 0. The van der Waals surface area contributed by atoms with Crippen molar-refractivity contribution < 1.29 is 9.90 Å². The second-order valence-corrected chi connectivity index (χ2v) is 4.66. The number of hydrogen-bond acceptors (Lipinski definition) is 3. The van der Waals surface area contributed by atoms with Gasteiger partial charge in [-0.3, -0.25) is 9.69 Å². The van der Waals surface area contributed by atoms with Crippen LogP contribution in [0.1, 0.15) is 52.4 Å². The van der Waals surface area contributed by atoms with E-state index in [0.29, 0.717) is 18.4 Å². The van der Waals surface area contributed by atoms with Gasteiger partial charge in [-0.25, -0.2) is 0 Å². The van der Waals surface area contributed by atoms with Crippen molar-refractivity contribution in [2.24, 2.45) is 0 Å². The molecule has 1 unspecified atom stereocenters. The van der Waals surface area contributed by atoms with Crippen molar-refractivity contribution >= 4 is 5.78 Å². The first-order valence-electron chi connectivity index (χ1n) is 6.63. The highest BCUT2D eigenvalue weighted by atomic mass is 16.3. The van der Waals surface area contributed by atoms with Gasteiger partial charge in [0, 0.05) is 19.0 Å². The van der Waals surface area contributed by atoms with Gasteiger partial charge >= 0.3 is 0 Å². The van der Waals surface area contributed by atoms with Crippen LogP contribution in [0.25, 0.3) is 0 Å². The smallest absolute Gasteiger partial charge is 0.149 e. The Morgan fingerprint density at radius 1 is 1.38 bits per heavy atom. The molecule has 0 aliphatic heterocycles. The van der Waals surface area contributed by atoms with Crippen molar-refractivity contribution in [3.8, 4) is 0 Å². The number of carbonyl (C=O) groups excluding carboxylic acids is 1. The first-order chi connectivity index (χ1) is 7.74. The van der Waals surface area contributed by atoms with Crippen LogP contribution >= 0.6 is 0 Å². The Hall–Kier alpha value is -0.410. The van der Waals surface area contributed by atoms with Gasteiger partial charge in [0.05, 0.1) is 12.6 Å². The van der Waals surface area contributed by atoms with E-state index in [1.165, 1.54) is 0 Å². The topological polar surface area (TPSA) is 40.5 Å². The average molecular weight is 227 g/mol. The largest absolute Gasteiger partial charge is 0.395 e. The summed E-state index contributed by atoms with van der Waals surface area (Å²) in [5, 5.41) is 9.14. The molecular weight excluding hydrogens is 202 g/mol. The average Bonchev–Trinajstić information content (AvgIpc) is 2.30. The van der Waals surface area contributed by atoms with Crippen molar-refractivity contribution in [1.82, 2.24) is 4.90 Å². The van der Waals surface area contributed by atoms with Gasteiger partial charge in [-0.05, 0) is 25.7 Å². The highest BCUT2D eigenvalue weighted by Crippen LogP contribution is 2.23. The predicted molar refractivity (Wildman–Crippen MR) is 65.4 cm³/mol. The van der Waals surface area contributed by atoms with Crippen LogP contribution < -0.4 is 0 Å². The number of rotatable bonds is 6. The number of hydrogen-bond donors (Lipinski definition) is 1. The molecule has 1 atom stereocenters. The zero-order chi connectivity index (χ0) is 12.0. The standard InChI is InChI=1S/C13H25NO2/c1-3-11(4-2)14(9-10-15)12-7-5-6-8-13(12)16/h11-12,15H,3-10H2,1-2H3. The van der Waals surface area contributed by atoms with Gasteiger partial charge in [0.1, 0.15) is 5.78 Å². The molecule has 3 nitrogen and oxygen atoms in total. The van der Waals surface area contributed by atoms with E-state index in [1.807, 2.05) is 0 Å². The Morgan fingerprint density at radius 3 is 2.56 bits per heavy atom. The van der Waals surface area contributed by atoms with Crippen LogP contribution in [-0.4, -0.2) is 41.0 Å². The van der Waals surface area contributed by atoms with E-state index < -0.39 is 0 Å². The summed E-state index contributed by atoms with van der Waals surface area (Å²) >= 11 is 0. The van der Waals surface area contributed by atoms with Crippen molar-refractivity contribution in [3.05, 3.63) is 0 Å². The van der Waals surface area contributed by atoms with Gasteiger partial charge in [-0.1, -0.05) is 20.3 Å². The number of nitrogens with zero attached hydrogens (tertiary/aromatic N) is 1. The lowest BCUT2D eigenvalue weighted by Gasteiger charge is -2.38. The maximum Gasteiger partial charge on any atom is 0.149 e. The summed E-state index contributed by atoms with van der Waals surface area (Å²) in [6.45, 7) is 5.11. The highest BCUT2D eigenvalue weighted by molar-refractivity contribution is 5.84. The molecule has 1 rings (SSSR count). The third-order valence-corrected chi connectivity index (χ3v) is 3.69. The van der Waals surface area contributed by atoms with E-state index in [2.05, 4.69) is 18.7 Å². The Morgan fingerprint density at radius 2 is 2.06 bits per heavy atom. The minimum atomic E-state index is 0.0748. The molecule has 16 heavy (non-hydrogen) atoms. The maximum atomic E-state index is 11.9. The van der Waals surface area contributed by atoms with E-state index in [9.17, 15) is 4.79 Å². The van der Waals surface area contributed by atoms with E-state index in [-0.39, 0.29) is 12.6 Å². The van der Waals surface area contributed by atoms with Gasteiger partial charge in [0.25, 0.3) is 0 Å². The zero-order valence-electron chi connectivity index (χ0n) is 10.6. The summed E-state index contributed by atoms with van der Waals surface area (Å²) < 4.78 is 0. The fourth-order valence-corrected chi connectivity index (χ4v) is 2.78. The van der Waals surface area contributed by atoms with Crippen LogP contribution in [0.4, 0.5) is 0 Å². The van der Waals surface area contributed by atoms with Crippen LogP contribution in [0.2, 0.25) is 0 Å². The fourth-order valence-electron chi connectivity index (χ4n) is 2.78. The molecule has 1 N–H and O–H groups in total. The van der Waals surface area contributed by atoms with Gasteiger partial charge in [0.2, 0.25) is 0 Å². The van der Waals surface area contributed by atoms with Crippen LogP contribution in [0.3, 0.4) is 0 Å². The molecular formula is C13H25NO2. The zero-order valence-corrected chi connectivity index (χ0v) is 10.6. The highest BCUT2D eigenvalue weighted by Gasteiger charge is 2.30. The lowest BCUT2D eigenvalue weighted by molar-refractivity contribution is -0.127. The predicted octanol–water partition coefficient (Wildman–Crippen LogP) is 1.98. The van der Waals surface area contributed by atoms with E-state index >= 15 is 0 Å². The SMILES string of the molecule is CCC(CC)N(CCO)C1CCCCC1=O. The number of aliphatic hydroxyl groups is 1. The summed E-state index contributed by atoms with van der Waals surface area (Å²) in [5.74, 6) is 0.381. The molecule has 0 heterocycles. The number of Topliss-reactive ketones (excluding diaryl/α,β-unsaturated/α-hetero) is 1. The molecule has 0 spiro atoms. The third kappa shape index (κ3) is 3.29.